The fourth-order valence-corrected chi connectivity index (χ4v) is 1.88. The first-order valence-corrected chi connectivity index (χ1v) is 6.48. The molecule has 0 atom stereocenters. The predicted molar refractivity (Wildman–Crippen MR) is 80.3 cm³/mol. The van der Waals surface area contributed by atoms with Crippen LogP contribution in [0, 0.1) is 10.1 Å². The second kappa shape index (κ2) is 6.60. The van der Waals surface area contributed by atoms with Gasteiger partial charge in [0.1, 0.15) is 5.75 Å². The Morgan fingerprint density at radius 3 is 2.52 bits per heavy atom. The van der Waals surface area contributed by atoms with E-state index in [4.69, 9.17) is 9.47 Å². The van der Waals surface area contributed by atoms with Crippen molar-refractivity contribution in [2.75, 3.05) is 19.0 Å². The number of benzene rings is 2. The minimum Gasteiger partial charge on any atom is -0.493 e. The number of nitrogens with zero attached hydrogens (tertiary/aromatic N) is 1. The second-order valence-corrected chi connectivity index (χ2v) is 4.26. The molecule has 0 aliphatic heterocycles. The number of nitro benzene ring substituents is 1. The monoisotopic (exact) mass is 288 g/mol. The number of nitrogens with one attached hydrogen (secondary N) is 1. The Hall–Kier alpha value is -2.76. The van der Waals surface area contributed by atoms with Crippen LogP contribution in [0.15, 0.2) is 42.5 Å². The van der Waals surface area contributed by atoms with E-state index in [2.05, 4.69) is 5.32 Å². The van der Waals surface area contributed by atoms with Crippen molar-refractivity contribution in [2.45, 2.75) is 6.92 Å². The molecule has 0 aromatic heterocycles. The highest BCUT2D eigenvalue weighted by atomic mass is 16.6. The van der Waals surface area contributed by atoms with E-state index in [1.807, 2.05) is 13.0 Å². The smallest absolute Gasteiger partial charge is 0.275 e. The van der Waals surface area contributed by atoms with Gasteiger partial charge in [0.25, 0.3) is 5.69 Å². The van der Waals surface area contributed by atoms with Crippen LogP contribution in [0.2, 0.25) is 0 Å². The largest absolute Gasteiger partial charge is 0.493 e. The third kappa shape index (κ3) is 3.62. The average Bonchev–Trinajstić information content (AvgIpc) is 2.48. The summed E-state index contributed by atoms with van der Waals surface area (Å²) in [6.45, 7) is 2.58. The summed E-state index contributed by atoms with van der Waals surface area (Å²) in [5.41, 5.74) is 0.606. The Bertz CT molecular complexity index is 643. The van der Waals surface area contributed by atoms with E-state index in [0.717, 1.165) is 0 Å². The lowest BCUT2D eigenvalue weighted by Crippen LogP contribution is -1.99. The van der Waals surface area contributed by atoms with Gasteiger partial charge in [0.2, 0.25) is 0 Å². The maximum absolute atomic E-state index is 11.0. The van der Waals surface area contributed by atoms with Crippen LogP contribution in [0.4, 0.5) is 11.4 Å². The third-order valence-corrected chi connectivity index (χ3v) is 2.78. The summed E-state index contributed by atoms with van der Waals surface area (Å²) >= 11 is 0. The normalized spacial score (nSPS) is 10.0. The minimum atomic E-state index is -0.448. The number of para-hydroxylation sites is 2. The molecule has 2 aromatic rings. The molecule has 110 valence electrons. The molecule has 6 heteroatoms. The Balaban J connectivity index is 2.36. The Morgan fingerprint density at radius 2 is 1.90 bits per heavy atom. The molecule has 0 saturated heterocycles. The molecule has 0 fully saturated rings. The van der Waals surface area contributed by atoms with Crippen molar-refractivity contribution in [1.82, 2.24) is 0 Å². The molecule has 0 bridgehead atoms. The van der Waals surface area contributed by atoms with E-state index in [0.29, 0.717) is 29.5 Å². The van der Waals surface area contributed by atoms with Crippen molar-refractivity contribution in [1.29, 1.82) is 0 Å². The molecule has 0 spiro atoms. The lowest BCUT2D eigenvalue weighted by Gasteiger charge is -2.11. The van der Waals surface area contributed by atoms with Crippen molar-refractivity contribution >= 4 is 11.4 Å². The predicted octanol–water partition coefficient (Wildman–Crippen LogP) is 3.83. The molecule has 0 aliphatic carbocycles. The fourth-order valence-electron chi connectivity index (χ4n) is 1.88. The van der Waals surface area contributed by atoms with Crippen molar-refractivity contribution in [3.63, 3.8) is 0 Å². The van der Waals surface area contributed by atoms with Gasteiger partial charge >= 0.3 is 0 Å². The van der Waals surface area contributed by atoms with Gasteiger partial charge < -0.3 is 14.8 Å². The van der Waals surface area contributed by atoms with Crippen LogP contribution in [0.3, 0.4) is 0 Å². The number of nitro groups is 1. The van der Waals surface area contributed by atoms with Gasteiger partial charge in [-0.1, -0.05) is 12.1 Å². The molecule has 2 rings (SSSR count). The van der Waals surface area contributed by atoms with E-state index < -0.39 is 4.92 Å². The van der Waals surface area contributed by atoms with Crippen LogP contribution in [0.25, 0.3) is 0 Å². The summed E-state index contributed by atoms with van der Waals surface area (Å²) in [6, 6.07) is 11.7. The maximum atomic E-state index is 11.0. The molecular formula is C15H16N2O4. The summed E-state index contributed by atoms with van der Waals surface area (Å²) in [4.78, 5) is 10.5. The SMILES string of the molecule is CCNc1cc(Oc2ccccc2OC)cc([N+](=O)[O-])c1. The minimum absolute atomic E-state index is 0.0293. The molecular weight excluding hydrogens is 272 g/mol. The van der Waals surface area contributed by atoms with Gasteiger partial charge in [-0.05, 0) is 19.1 Å². The first kappa shape index (κ1) is 14.6. The van der Waals surface area contributed by atoms with Crippen molar-refractivity contribution in [3.8, 4) is 17.2 Å². The first-order valence-electron chi connectivity index (χ1n) is 6.48. The van der Waals surface area contributed by atoms with Crippen LogP contribution < -0.4 is 14.8 Å². The zero-order valence-corrected chi connectivity index (χ0v) is 11.8. The van der Waals surface area contributed by atoms with Crippen molar-refractivity contribution in [2.24, 2.45) is 0 Å². The Kier molecular flexibility index (Phi) is 4.61. The number of hydrogen-bond donors (Lipinski definition) is 1. The highest BCUT2D eigenvalue weighted by Crippen LogP contribution is 2.34. The van der Waals surface area contributed by atoms with E-state index in [-0.39, 0.29) is 5.69 Å². The van der Waals surface area contributed by atoms with Crippen LogP contribution in [-0.2, 0) is 0 Å². The van der Waals surface area contributed by atoms with Crippen LogP contribution >= 0.6 is 0 Å². The van der Waals surface area contributed by atoms with E-state index in [1.165, 1.54) is 12.1 Å². The van der Waals surface area contributed by atoms with Gasteiger partial charge in [-0.3, -0.25) is 10.1 Å². The Labute approximate surface area is 122 Å². The second-order valence-electron chi connectivity index (χ2n) is 4.26. The van der Waals surface area contributed by atoms with E-state index >= 15 is 0 Å². The van der Waals surface area contributed by atoms with E-state index in [9.17, 15) is 10.1 Å². The number of hydrogen-bond acceptors (Lipinski definition) is 5. The van der Waals surface area contributed by atoms with Gasteiger partial charge in [0.05, 0.1) is 18.1 Å². The quantitative estimate of drug-likeness (QED) is 0.646. The van der Waals surface area contributed by atoms with Crippen molar-refractivity contribution in [3.05, 3.63) is 52.6 Å². The molecule has 0 heterocycles. The number of methoxy groups -OCH3 is 1. The number of anilines is 1. The first-order chi connectivity index (χ1) is 10.1. The zero-order chi connectivity index (χ0) is 15.2. The molecule has 0 saturated carbocycles. The van der Waals surface area contributed by atoms with Crippen LogP contribution in [0.5, 0.6) is 17.2 Å². The number of ether oxygens (including phenoxy) is 2. The van der Waals surface area contributed by atoms with Gasteiger partial charge in [0, 0.05) is 24.4 Å². The molecule has 1 N–H and O–H groups in total. The lowest BCUT2D eigenvalue weighted by atomic mass is 10.2. The number of non-ortho nitro benzene ring substituents is 1. The molecule has 21 heavy (non-hydrogen) atoms. The van der Waals surface area contributed by atoms with Gasteiger partial charge in [-0.15, -0.1) is 0 Å². The fraction of sp³-hybridized carbons (Fsp3) is 0.200. The molecule has 0 unspecified atom stereocenters. The Morgan fingerprint density at radius 1 is 1.19 bits per heavy atom. The highest BCUT2D eigenvalue weighted by Gasteiger charge is 2.12. The standard InChI is InChI=1S/C15H16N2O4/c1-3-16-11-8-12(17(18)19)10-13(9-11)21-15-7-5-4-6-14(15)20-2/h4-10,16H,3H2,1-2H3. The summed E-state index contributed by atoms with van der Waals surface area (Å²) in [6.07, 6.45) is 0. The molecule has 0 aliphatic rings. The molecule has 0 radical (unpaired) electrons. The molecule has 2 aromatic carbocycles. The van der Waals surface area contributed by atoms with Gasteiger partial charge in [0.15, 0.2) is 11.5 Å². The topological polar surface area (TPSA) is 73.6 Å². The van der Waals surface area contributed by atoms with Crippen LogP contribution in [0.1, 0.15) is 6.92 Å². The van der Waals surface area contributed by atoms with Gasteiger partial charge in [-0.2, -0.15) is 0 Å². The van der Waals surface area contributed by atoms with E-state index in [1.54, 1.807) is 31.4 Å². The maximum Gasteiger partial charge on any atom is 0.275 e. The summed E-state index contributed by atoms with van der Waals surface area (Å²) in [7, 11) is 1.54. The summed E-state index contributed by atoms with van der Waals surface area (Å²) in [5.74, 6) is 1.45. The van der Waals surface area contributed by atoms with Crippen LogP contribution in [-0.4, -0.2) is 18.6 Å². The average molecular weight is 288 g/mol. The molecule has 6 nitrogen and oxygen atoms in total. The lowest BCUT2D eigenvalue weighted by molar-refractivity contribution is -0.384. The third-order valence-electron chi connectivity index (χ3n) is 2.78. The molecule has 0 amide bonds. The van der Waals surface area contributed by atoms with Crippen molar-refractivity contribution < 1.29 is 14.4 Å². The zero-order valence-electron chi connectivity index (χ0n) is 11.8. The van der Waals surface area contributed by atoms with Gasteiger partial charge in [-0.25, -0.2) is 0 Å². The summed E-state index contributed by atoms with van der Waals surface area (Å²) < 4.78 is 10.9. The highest BCUT2D eigenvalue weighted by molar-refractivity contribution is 5.57. The summed E-state index contributed by atoms with van der Waals surface area (Å²) in [5, 5.41) is 14.0. The number of rotatable bonds is 6.